The van der Waals surface area contributed by atoms with Crippen molar-refractivity contribution in [2.75, 3.05) is 5.32 Å². The van der Waals surface area contributed by atoms with E-state index in [0.717, 1.165) is 11.0 Å². The number of aromatic nitrogens is 2. The zero-order valence-corrected chi connectivity index (χ0v) is 13.5. The summed E-state index contributed by atoms with van der Waals surface area (Å²) in [5.41, 5.74) is 7.76. The summed E-state index contributed by atoms with van der Waals surface area (Å²) < 4.78 is 0. The van der Waals surface area contributed by atoms with Crippen LogP contribution in [0.4, 0.5) is 5.69 Å². The summed E-state index contributed by atoms with van der Waals surface area (Å²) >= 11 is 0. The van der Waals surface area contributed by atoms with Gasteiger partial charge in [-0.2, -0.15) is 0 Å². The number of hydrogen-bond donors (Lipinski definition) is 2. The lowest BCUT2D eigenvalue weighted by molar-refractivity contribution is -0.134. The fraction of sp³-hybridized carbons (Fsp3) is 0. The highest BCUT2D eigenvalue weighted by molar-refractivity contribution is 6.39. The number of allylic oxidation sites excluding steroid dienone is 1. The maximum Gasteiger partial charge on any atom is 0.313 e. The smallest absolute Gasteiger partial charge is 0.313 e. The number of rotatable bonds is 4. The predicted octanol–water partition coefficient (Wildman–Crippen LogP) is 1.95. The molecule has 3 rings (SSSR count). The van der Waals surface area contributed by atoms with Crippen LogP contribution in [0.5, 0.6) is 0 Å². The highest BCUT2D eigenvalue weighted by atomic mass is 16.2. The molecule has 0 fully saturated rings. The van der Waals surface area contributed by atoms with Crippen molar-refractivity contribution >= 4 is 40.4 Å². The average molecular weight is 346 g/mol. The number of para-hydroxylation sites is 2. The Bertz CT molecular complexity index is 1030. The molecule has 0 bridgehead atoms. The van der Waals surface area contributed by atoms with Crippen molar-refractivity contribution in [3.8, 4) is 0 Å². The molecule has 2 amide bonds. The van der Waals surface area contributed by atoms with Gasteiger partial charge in [0.15, 0.2) is 5.78 Å². The van der Waals surface area contributed by atoms with Crippen molar-refractivity contribution in [3.63, 3.8) is 0 Å². The first-order chi connectivity index (χ1) is 12.5. The minimum atomic E-state index is -1.08. The maximum atomic E-state index is 12.2. The van der Waals surface area contributed by atoms with Gasteiger partial charge in [0, 0.05) is 11.3 Å². The number of ketones is 1. The molecule has 0 aliphatic rings. The molecule has 0 radical (unpaired) electrons. The molecule has 0 spiro atoms. The summed E-state index contributed by atoms with van der Waals surface area (Å²) in [5.74, 6) is -2.23. The quantitative estimate of drug-likeness (QED) is 0.426. The number of carbonyl (C=O) groups is 3. The first-order valence-electron chi connectivity index (χ1n) is 7.68. The van der Waals surface area contributed by atoms with Crippen LogP contribution >= 0.6 is 0 Å². The van der Waals surface area contributed by atoms with Crippen molar-refractivity contribution in [1.29, 1.82) is 0 Å². The Hall–Kier alpha value is -3.87. The monoisotopic (exact) mass is 346 g/mol. The fourth-order valence-electron chi connectivity index (χ4n) is 2.22. The molecule has 0 saturated heterocycles. The van der Waals surface area contributed by atoms with E-state index < -0.39 is 11.8 Å². The van der Waals surface area contributed by atoms with Gasteiger partial charge in [-0.25, -0.2) is 4.98 Å². The van der Waals surface area contributed by atoms with E-state index in [0.29, 0.717) is 16.9 Å². The van der Waals surface area contributed by atoms with Crippen LogP contribution in [0.25, 0.3) is 17.1 Å². The van der Waals surface area contributed by atoms with E-state index in [-0.39, 0.29) is 5.78 Å². The van der Waals surface area contributed by atoms with Crippen LogP contribution in [0.1, 0.15) is 16.1 Å². The molecule has 26 heavy (non-hydrogen) atoms. The van der Waals surface area contributed by atoms with Crippen molar-refractivity contribution in [2.45, 2.75) is 0 Å². The third-order valence-electron chi connectivity index (χ3n) is 3.52. The molecule has 0 aliphatic carbocycles. The molecule has 3 N–H and O–H groups in total. The zero-order chi connectivity index (χ0) is 18.5. The second kappa shape index (κ2) is 7.35. The van der Waals surface area contributed by atoms with E-state index in [1.165, 1.54) is 30.3 Å². The van der Waals surface area contributed by atoms with E-state index in [4.69, 9.17) is 5.73 Å². The van der Waals surface area contributed by atoms with Crippen LogP contribution in [0.15, 0.2) is 60.8 Å². The molecular weight excluding hydrogens is 332 g/mol. The van der Waals surface area contributed by atoms with E-state index >= 15 is 0 Å². The average Bonchev–Trinajstić information content (AvgIpc) is 2.66. The molecule has 0 unspecified atom stereocenters. The summed E-state index contributed by atoms with van der Waals surface area (Å²) in [6.07, 6.45) is 4.58. The first-order valence-corrected chi connectivity index (χ1v) is 7.68. The van der Waals surface area contributed by atoms with E-state index in [1.807, 2.05) is 24.3 Å². The minimum absolute atomic E-state index is 0.229. The molecule has 1 heterocycles. The van der Waals surface area contributed by atoms with Gasteiger partial charge in [-0.15, -0.1) is 0 Å². The van der Waals surface area contributed by atoms with Crippen molar-refractivity contribution in [3.05, 3.63) is 72.1 Å². The SMILES string of the molecule is NC(=O)C(=O)Nc1ccc(C(=O)C=Cc2cnc3ccccc3n2)cc1. The van der Waals surface area contributed by atoms with Crippen LogP contribution in [-0.2, 0) is 9.59 Å². The molecule has 0 atom stereocenters. The van der Waals surface area contributed by atoms with Crippen molar-refractivity contribution in [1.82, 2.24) is 9.97 Å². The van der Waals surface area contributed by atoms with Crippen LogP contribution in [0, 0.1) is 0 Å². The largest absolute Gasteiger partial charge is 0.361 e. The van der Waals surface area contributed by atoms with E-state index in [2.05, 4.69) is 15.3 Å². The predicted molar refractivity (Wildman–Crippen MR) is 97.2 cm³/mol. The molecule has 3 aromatic rings. The van der Waals surface area contributed by atoms with Crippen molar-refractivity contribution < 1.29 is 14.4 Å². The standard InChI is InChI=1S/C19H14N4O3/c20-18(25)19(26)23-13-7-5-12(6-8-13)17(24)10-9-14-11-21-15-3-1-2-4-16(15)22-14/h1-11H,(H2,20,25)(H,23,26). The van der Waals surface area contributed by atoms with Gasteiger partial charge in [0.05, 0.1) is 22.9 Å². The summed E-state index contributed by atoms with van der Waals surface area (Å²) in [6, 6.07) is 13.6. The molecule has 0 aliphatic heterocycles. The van der Waals surface area contributed by atoms with Crippen LogP contribution < -0.4 is 11.1 Å². The second-order valence-corrected chi connectivity index (χ2v) is 5.38. The van der Waals surface area contributed by atoms with Gasteiger partial charge >= 0.3 is 11.8 Å². The Morgan fingerprint density at radius 3 is 2.35 bits per heavy atom. The van der Waals surface area contributed by atoms with Gasteiger partial charge in [-0.1, -0.05) is 12.1 Å². The Balaban J connectivity index is 1.71. The molecule has 7 nitrogen and oxygen atoms in total. The highest BCUT2D eigenvalue weighted by Gasteiger charge is 2.09. The molecule has 2 aromatic carbocycles. The van der Waals surface area contributed by atoms with E-state index in [9.17, 15) is 14.4 Å². The number of nitrogens with two attached hydrogens (primary N) is 1. The number of nitrogens with zero attached hydrogens (tertiary/aromatic N) is 2. The Labute approximate surface area is 148 Å². The number of fused-ring (bicyclic) bond motifs is 1. The Morgan fingerprint density at radius 1 is 0.962 bits per heavy atom. The van der Waals surface area contributed by atoms with Gasteiger partial charge in [-0.3, -0.25) is 19.4 Å². The lowest BCUT2D eigenvalue weighted by Crippen LogP contribution is -2.29. The lowest BCUT2D eigenvalue weighted by Gasteiger charge is -2.03. The number of nitrogens with one attached hydrogen (secondary N) is 1. The fourth-order valence-corrected chi connectivity index (χ4v) is 2.22. The Morgan fingerprint density at radius 2 is 1.65 bits per heavy atom. The van der Waals surface area contributed by atoms with Gasteiger partial charge in [-0.05, 0) is 48.6 Å². The Kier molecular flexibility index (Phi) is 4.80. The summed E-state index contributed by atoms with van der Waals surface area (Å²) in [6.45, 7) is 0. The van der Waals surface area contributed by atoms with Gasteiger partial charge in [0.2, 0.25) is 0 Å². The number of amides is 2. The van der Waals surface area contributed by atoms with Gasteiger partial charge in [0.25, 0.3) is 0 Å². The van der Waals surface area contributed by atoms with Gasteiger partial charge < -0.3 is 11.1 Å². The first kappa shape index (κ1) is 17.0. The number of primary amides is 1. The topological polar surface area (TPSA) is 115 Å². The summed E-state index contributed by atoms with van der Waals surface area (Å²) in [7, 11) is 0. The maximum absolute atomic E-state index is 12.2. The summed E-state index contributed by atoms with van der Waals surface area (Å²) in [5, 5.41) is 2.32. The number of anilines is 1. The molecule has 128 valence electrons. The minimum Gasteiger partial charge on any atom is -0.361 e. The lowest BCUT2D eigenvalue weighted by atomic mass is 10.1. The van der Waals surface area contributed by atoms with Crippen molar-refractivity contribution in [2.24, 2.45) is 5.73 Å². The number of hydrogen-bond acceptors (Lipinski definition) is 5. The zero-order valence-electron chi connectivity index (χ0n) is 13.5. The number of benzene rings is 2. The highest BCUT2D eigenvalue weighted by Crippen LogP contribution is 2.12. The molecule has 1 aromatic heterocycles. The van der Waals surface area contributed by atoms with Gasteiger partial charge in [0.1, 0.15) is 0 Å². The molecular formula is C19H14N4O3. The van der Waals surface area contributed by atoms with Crippen LogP contribution in [-0.4, -0.2) is 27.6 Å². The normalized spacial score (nSPS) is 10.8. The second-order valence-electron chi connectivity index (χ2n) is 5.38. The molecule has 7 heteroatoms. The third-order valence-corrected chi connectivity index (χ3v) is 3.52. The van der Waals surface area contributed by atoms with Crippen LogP contribution in [0.3, 0.4) is 0 Å². The van der Waals surface area contributed by atoms with E-state index in [1.54, 1.807) is 12.3 Å². The molecule has 0 saturated carbocycles. The third kappa shape index (κ3) is 3.96. The van der Waals surface area contributed by atoms with Crippen LogP contribution in [0.2, 0.25) is 0 Å². The number of carbonyl (C=O) groups excluding carboxylic acids is 3. The summed E-state index contributed by atoms with van der Waals surface area (Å²) in [4.78, 5) is 42.8.